The third kappa shape index (κ3) is 6.07. The Balaban J connectivity index is 1.69. The molecule has 8 nitrogen and oxygen atoms in total. The van der Waals surface area contributed by atoms with Crippen molar-refractivity contribution in [2.75, 3.05) is 20.2 Å². The lowest BCUT2D eigenvalue weighted by Gasteiger charge is -2.20. The number of ether oxygens (including phenoxy) is 2. The molecule has 2 aromatic rings. The third-order valence-corrected chi connectivity index (χ3v) is 5.70. The molecule has 3 rings (SSSR count). The van der Waals surface area contributed by atoms with Crippen LogP contribution in [-0.4, -0.2) is 54.8 Å². The standard InChI is InChI=1S/C23H24ClFN4O4/c1-14(22(24)23(31)28-26-2)29-9-7-17(13-29)33-20-12-16(6-8-27-20)18-5-4-15(10-19(18)25)11-21(30)32-3/h4-6,8,10,12,17H,2,7,9,11,13H2,1,3H3,(H,28,31)/b22-14-/t17-/m1/s1. The van der Waals surface area contributed by atoms with Crippen LogP contribution in [0, 0.1) is 5.82 Å². The van der Waals surface area contributed by atoms with Crippen molar-refractivity contribution in [1.29, 1.82) is 0 Å². The quantitative estimate of drug-likeness (QED) is 0.273. The normalized spacial score (nSPS) is 16.1. The van der Waals surface area contributed by atoms with Gasteiger partial charge in [-0.3, -0.25) is 9.59 Å². The molecule has 1 amide bonds. The van der Waals surface area contributed by atoms with Crippen molar-refractivity contribution in [2.45, 2.75) is 25.9 Å². The lowest BCUT2D eigenvalue weighted by molar-refractivity contribution is -0.139. The van der Waals surface area contributed by atoms with E-state index in [1.165, 1.54) is 13.2 Å². The number of benzene rings is 1. The second-order valence-electron chi connectivity index (χ2n) is 7.42. The Morgan fingerprint density at radius 3 is 2.85 bits per heavy atom. The monoisotopic (exact) mass is 474 g/mol. The van der Waals surface area contributed by atoms with E-state index in [2.05, 4.69) is 27.0 Å². The van der Waals surface area contributed by atoms with Crippen LogP contribution in [0.25, 0.3) is 11.1 Å². The first-order chi connectivity index (χ1) is 15.8. The fourth-order valence-corrected chi connectivity index (χ4v) is 3.67. The summed E-state index contributed by atoms with van der Waals surface area (Å²) in [4.78, 5) is 29.4. The highest BCUT2D eigenvalue weighted by molar-refractivity contribution is 6.42. The zero-order valence-electron chi connectivity index (χ0n) is 18.3. The van der Waals surface area contributed by atoms with Gasteiger partial charge in [-0.2, -0.15) is 5.10 Å². The van der Waals surface area contributed by atoms with Crippen LogP contribution < -0.4 is 10.2 Å². The first-order valence-corrected chi connectivity index (χ1v) is 10.6. The number of amides is 1. The summed E-state index contributed by atoms with van der Waals surface area (Å²) in [7, 11) is 1.29. The Morgan fingerprint density at radius 1 is 1.36 bits per heavy atom. The van der Waals surface area contributed by atoms with Crippen molar-refractivity contribution >= 4 is 30.2 Å². The zero-order chi connectivity index (χ0) is 24.0. The number of carbonyl (C=O) groups excluding carboxylic acids is 2. The minimum atomic E-state index is -0.525. The van der Waals surface area contributed by atoms with Gasteiger partial charge >= 0.3 is 5.97 Å². The van der Waals surface area contributed by atoms with E-state index in [-0.39, 0.29) is 17.6 Å². The summed E-state index contributed by atoms with van der Waals surface area (Å²) in [6.07, 6.45) is 2.07. The molecule has 0 unspecified atom stereocenters. The summed E-state index contributed by atoms with van der Waals surface area (Å²) in [5.41, 5.74) is 4.32. The molecule has 1 aliphatic heterocycles. The van der Waals surface area contributed by atoms with Gasteiger partial charge in [-0.25, -0.2) is 14.8 Å². The summed E-state index contributed by atoms with van der Waals surface area (Å²) in [5, 5.41) is 3.37. The second kappa shape index (κ2) is 10.9. The first-order valence-electron chi connectivity index (χ1n) is 10.2. The molecule has 1 aromatic heterocycles. The van der Waals surface area contributed by atoms with Crippen LogP contribution in [0.2, 0.25) is 0 Å². The Labute approximate surface area is 196 Å². The number of esters is 1. The molecule has 1 atom stereocenters. The fraction of sp³-hybridized carbons (Fsp3) is 0.304. The van der Waals surface area contributed by atoms with Gasteiger partial charge in [0.25, 0.3) is 5.91 Å². The maximum atomic E-state index is 14.7. The topological polar surface area (TPSA) is 93.1 Å². The van der Waals surface area contributed by atoms with E-state index < -0.39 is 17.7 Å². The van der Waals surface area contributed by atoms with Gasteiger partial charge in [0.15, 0.2) is 0 Å². The van der Waals surface area contributed by atoms with Gasteiger partial charge in [0.1, 0.15) is 17.0 Å². The fourth-order valence-electron chi connectivity index (χ4n) is 3.51. The minimum Gasteiger partial charge on any atom is -0.472 e. The SMILES string of the molecule is C=NNC(=O)/C(Cl)=C(\C)N1CC[C@@H](Oc2cc(-c3ccc(CC(=O)OC)cc3F)ccn2)C1. The molecular weight excluding hydrogens is 451 g/mol. The lowest BCUT2D eigenvalue weighted by Crippen LogP contribution is -2.27. The summed E-state index contributed by atoms with van der Waals surface area (Å²) < 4.78 is 25.3. The minimum absolute atomic E-state index is 0.000225. The van der Waals surface area contributed by atoms with Crippen LogP contribution in [-0.2, 0) is 20.7 Å². The summed E-state index contributed by atoms with van der Waals surface area (Å²) in [6.45, 7) is 6.12. The van der Waals surface area contributed by atoms with E-state index in [4.69, 9.17) is 16.3 Å². The number of hydrazone groups is 1. The second-order valence-corrected chi connectivity index (χ2v) is 7.80. The highest BCUT2D eigenvalue weighted by atomic mass is 35.5. The molecule has 0 aliphatic carbocycles. The van der Waals surface area contributed by atoms with Crippen molar-refractivity contribution < 1.29 is 23.5 Å². The van der Waals surface area contributed by atoms with Crippen LogP contribution in [0.5, 0.6) is 5.88 Å². The Morgan fingerprint density at radius 2 is 2.15 bits per heavy atom. The number of aromatic nitrogens is 1. The molecule has 1 N–H and O–H groups in total. The van der Waals surface area contributed by atoms with Crippen molar-refractivity contribution in [1.82, 2.24) is 15.3 Å². The molecule has 1 aliphatic rings. The number of nitrogens with one attached hydrogen (secondary N) is 1. The highest BCUT2D eigenvalue weighted by Gasteiger charge is 2.27. The number of nitrogens with zero attached hydrogens (tertiary/aromatic N) is 3. The summed E-state index contributed by atoms with van der Waals surface area (Å²) >= 11 is 6.12. The number of methoxy groups -OCH3 is 1. The smallest absolute Gasteiger partial charge is 0.309 e. The zero-order valence-corrected chi connectivity index (χ0v) is 19.1. The molecule has 0 spiro atoms. The number of hydrogen-bond donors (Lipinski definition) is 1. The van der Waals surface area contributed by atoms with Crippen LogP contribution in [0.1, 0.15) is 18.9 Å². The Bertz CT molecular complexity index is 1090. The van der Waals surface area contributed by atoms with Crippen molar-refractivity contribution in [3.8, 4) is 17.0 Å². The van der Waals surface area contributed by atoms with Crippen molar-refractivity contribution in [3.05, 3.63) is 58.6 Å². The van der Waals surface area contributed by atoms with E-state index in [1.54, 1.807) is 37.4 Å². The number of halogens is 2. The molecule has 2 heterocycles. The first kappa shape index (κ1) is 24.2. The van der Waals surface area contributed by atoms with Gasteiger partial charge in [0.2, 0.25) is 5.88 Å². The highest BCUT2D eigenvalue weighted by Crippen LogP contribution is 2.28. The van der Waals surface area contributed by atoms with Crippen LogP contribution in [0.4, 0.5) is 4.39 Å². The number of pyridine rings is 1. The number of rotatable bonds is 8. The predicted octanol–water partition coefficient (Wildman–Crippen LogP) is 3.26. The molecule has 1 fully saturated rings. The lowest BCUT2D eigenvalue weighted by atomic mass is 10.0. The predicted molar refractivity (Wildman–Crippen MR) is 122 cm³/mol. The van der Waals surface area contributed by atoms with Crippen molar-refractivity contribution in [2.24, 2.45) is 5.10 Å². The summed E-state index contributed by atoms with van der Waals surface area (Å²) in [5.74, 6) is -1.05. The molecule has 0 saturated carbocycles. The molecular formula is C23H24ClFN4O4. The van der Waals surface area contributed by atoms with Crippen LogP contribution in [0.3, 0.4) is 0 Å². The summed E-state index contributed by atoms with van der Waals surface area (Å²) in [6, 6.07) is 7.97. The van der Waals surface area contributed by atoms with E-state index >= 15 is 0 Å². The maximum absolute atomic E-state index is 14.7. The molecule has 0 bridgehead atoms. The largest absolute Gasteiger partial charge is 0.472 e. The van der Waals surface area contributed by atoms with Gasteiger partial charge in [-0.05, 0) is 30.2 Å². The third-order valence-electron chi connectivity index (χ3n) is 5.26. The average Bonchev–Trinajstić information content (AvgIpc) is 3.26. The number of hydrogen-bond acceptors (Lipinski definition) is 7. The number of allylic oxidation sites excluding steroid dienone is 1. The van der Waals surface area contributed by atoms with Crippen LogP contribution >= 0.6 is 11.6 Å². The van der Waals surface area contributed by atoms with Crippen molar-refractivity contribution in [3.63, 3.8) is 0 Å². The Hall–Kier alpha value is -3.46. The van der Waals surface area contributed by atoms with Gasteiger partial charge in [-0.15, -0.1) is 0 Å². The van der Waals surface area contributed by atoms with Gasteiger partial charge in [0, 0.05) is 43.2 Å². The van der Waals surface area contributed by atoms with E-state index in [0.29, 0.717) is 47.8 Å². The Kier molecular flexibility index (Phi) is 8.00. The molecule has 10 heteroatoms. The molecule has 1 aromatic carbocycles. The van der Waals surface area contributed by atoms with E-state index in [9.17, 15) is 14.0 Å². The van der Waals surface area contributed by atoms with E-state index in [1.807, 2.05) is 4.90 Å². The average molecular weight is 475 g/mol. The molecule has 174 valence electrons. The molecule has 33 heavy (non-hydrogen) atoms. The van der Waals surface area contributed by atoms with E-state index in [0.717, 1.165) is 0 Å². The van der Waals surface area contributed by atoms with Gasteiger partial charge in [0.05, 0.1) is 20.1 Å². The number of likely N-dealkylation sites (tertiary alicyclic amines) is 1. The number of carbonyl (C=O) groups is 2. The van der Waals surface area contributed by atoms with Crippen LogP contribution in [0.15, 0.2) is 52.4 Å². The van der Waals surface area contributed by atoms with Gasteiger partial charge < -0.3 is 14.4 Å². The van der Waals surface area contributed by atoms with Gasteiger partial charge in [-0.1, -0.05) is 23.7 Å². The maximum Gasteiger partial charge on any atom is 0.309 e. The molecule has 0 radical (unpaired) electrons. The molecule has 1 saturated heterocycles.